The first-order valence-corrected chi connectivity index (χ1v) is 8.99. The first-order chi connectivity index (χ1) is 8.96. The Bertz CT molecular complexity index is 418. The molecule has 1 aliphatic heterocycles. The highest BCUT2D eigenvalue weighted by Gasteiger charge is 2.26. The third-order valence-corrected chi connectivity index (χ3v) is 5.98. The van der Waals surface area contributed by atoms with Crippen LogP contribution >= 0.6 is 0 Å². The van der Waals surface area contributed by atoms with Crippen LogP contribution in [0.3, 0.4) is 0 Å². The fourth-order valence-corrected chi connectivity index (χ4v) is 3.96. The highest BCUT2D eigenvalue weighted by Crippen LogP contribution is 2.25. The molecule has 2 rings (SSSR count). The molecule has 1 saturated heterocycles. The van der Waals surface area contributed by atoms with Crippen molar-refractivity contribution in [3.05, 3.63) is 0 Å². The van der Waals surface area contributed by atoms with Crippen molar-refractivity contribution >= 4 is 15.7 Å². The smallest absolute Gasteiger partial charge is 0.234 e. The maximum absolute atomic E-state index is 11.9. The third-order valence-electron chi connectivity index (χ3n) is 4.32. The van der Waals surface area contributed by atoms with Crippen molar-refractivity contribution in [1.29, 1.82) is 0 Å². The number of rotatable bonds is 4. The summed E-state index contributed by atoms with van der Waals surface area (Å²) in [5.41, 5.74) is 0. The van der Waals surface area contributed by atoms with Gasteiger partial charge in [0.15, 0.2) is 9.84 Å². The molecule has 110 valence electrons. The van der Waals surface area contributed by atoms with Crippen LogP contribution in [0.5, 0.6) is 0 Å². The lowest BCUT2D eigenvalue weighted by molar-refractivity contribution is -0.123. The second-order valence-electron chi connectivity index (χ2n) is 5.86. The van der Waals surface area contributed by atoms with Gasteiger partial charge in [0.25, 0.3) is 0 Å². The molecular formula is C13H24N2O3S. The molecule has 2 fully saturated rings. The van der Waals surface area contributed by atoms with Gasteiger partial charge in [-0.3, -0.25) is 9.69 Å². The Morgan fingerprint density at radius 3 is 2.63 bits per heavy atom. The maximum Gasteiger partial charge on any atom is 0.234 e. The lowest BCUT2D eigenvalue weighted by Crippen LogP contribution is -2.44. The highest BCUT2D eigenvalue weighted by molar-refractivity contribution is 7.91. The minimum atomic E-state index is -2.91. The summed E-state index contributed by atoms with van der Waals surface area (Å²) in [6, 6.07) is 0.159. The Hall–Kier alpha value is -0.620. The summed E-state index contributed by atoms with van der Waals surface area (Å²) in [5, 5.41) is 2.96. The summed E-state index contributed by atoms with van der Waals surface area (Å²) in [6.45, 7) is 3.57. The van der Waals surface area contributed by atoms with Crippen molar-refractivity contribution in [2.75, 3.05) is 31.1 Å². The lowest BCUT2D eigenvalue weighted by Gasteiger charge is -2.28. The van der Waals surface area contributed by atoms with Gasteiger partial charge in [-0.15, -0.1) is 0 Å². The number of nitrogens with one attached hydrogen (secondary N) is 1. The first kappa shape index (κ1) is 14.8. The molecule has 1 aliphatic carbocycles. The number of nitrogens with zero attached hydrogens (tertiary/aromatic N) is 1. The quantitative estimate of drug-likeness (QED) is 0.814. The van der Waals surface area contributed by atoms with E-state index in [1.54, 1.807) is 0 Å². The van der Waals surface area contributed by atoms with E-state index in [1.807, 2.05) is 11.8 Å². The van der Waals surface area contributed by atoms with Crippen LogP contribution in [0.15, 0.2) is 0 Å². The van der Waals surface area contributed by atoms with Gasteiger partial charge in [-0.1, -0.05) is 6.42 Å². The Morgan fingerprint density at radius 1 is 1.26 bits per heavy atom. The molecule has 1 heterocycles. The van der Waals surface area contributed by atoms with Crippen molar-refractivity contribution in [2.45, 2.75) is 38.6 Å². The van der Waals surface area contributed by atoms with E-state index >= 15 is 0 Å². The van der Waals surface area contributed by atoms with E-state index < -0.39 is 9.84 Å². The van der Waals surface area contributed by atoms with Gasteiger partial charge in [0.2, 0.25) is 5.91 Å². The minimum absolute atomic E-state index is 0.0260. The molecule has 1 amide bonds. The summed E-state index contributed by atoms with van der Waals surface area (Å²) in [5.74, 6) is 1.10. The van der Waals surface area contributed by atoms with E-state index in [1.165, 1.54) is 19.3 Å². The zero-order valence-electron chi connectivity index (χ0n) is 11.6. The molecule has 19 heavy (non-hydrogen) atoms. The fraction of sp³-hybridized carbons (Fsp3) is 0.923. The van der Waals surface area contributed by atoms with E-state index in [4.69, 9.17) is 0 Å². The van der Waals surface area contributed by atoms with Crippen LogP contribution in [0.1, 0.15) is 32.6 Å². The molecule has 1 N–H and O–H groups in total. The lowest BCUT2D eigenvalue weighted by atomic mass is 9.85. The standard InChI is InChI=1S/C13H24N2O3S/c1-11-5-7-19(17,18)8-6-15(11)10-13(16)14-9-12-3-2-4-12/h11-12H,2-10H2,1H3,(H,14,16)/t11-/m0/s1. The number of hydrogen-bond acceptors (Lipinski definition) is 4. The molecule has 2 aliphatic rings. The topological polar surface area (TPSA) is 66.5 Å². The Balaban J connectivity index is 1.77. The largest absolute Gasteiger partial charge is 0.355 e. The molecular weight excluding hydrogens is 264 g/mol. The average Bonchev–Trinajstić information content (AvgIpc) is 2.40. The van der Waals surface area contributed by atoms with Gasteiger partial charge in [0, 0.05) is 19.1 Å². The van der Waals surface area contributed by atoms with Gasteiger partial charge in [0.05, 0.1) is 18.1 Å². The number of carbonyl (C=O) groups excluding carboxylic acids is 1. The van der Waals surface area contributed by atoms with Gasteiger partial charge in [0.1, 0.15) is 0 Å². The van der Waals surface area contributed by atoms with E-state index in [0.717, 1.165) is 6.54 Å². The van der Waals surface area contributed by atoms with Crippen LogP contribution in [0.4, 0.5) is 0 Å². The molecule has 0 aromatic heterocycles. The van der Waals surface area contributed by atoms with Gasteiger partial charge in [-0.2, -0.15) is 0 Å². The first-order valence-electron chi connectivity index (χ1n) is 7.17. The second kappa shape index (κ2) is 6.22. The van der Waals surface area contributed by atoms with Crippen LogP contribution in [0, 0.1) is 5.92 Å². The second-order valence-corrected chi connectivity index (χ2v) is 8.16. The molecule has 6 heteroatoms. The molecule has 0 aromatic carbocycles. The SMILES string of the molecule is C[C@H]1CCS(=O)(=O)CCN1CC(=O)NCC1CCC1. The number of carbonyl (C=O) groups is 1. The molecule has 0 aromatic rings. The molecule has 0 radical (unpaired) electrons. The molecule has 0 unspecified atom stereocenters. The molecule has 0 spiro atoms. The monoisotopic (exact) mass is 288 g/mol. The predicted octanol–water partition coefficient (Wildman–Crippen LogP) is 0.412. The van der Waals surface area contributed by atoms with Gasteiger partial charge >= 0.3 is 0 Å². The summed E-state index contributed by atoms with van der Waals surface area (Å²) in [4.78, 5) is 13.9. The zero-order chi connectivity index (χ0) is 13.9. The predicted molar refractivity (Wildman–Crippen MR) is 74.7 cm³/mol. The third kappa shape index (κ3) is 4.45. The molecule has 5 nitrogen and oxygen atoms in total. The number of amides is 1. The van der Waals surface area contributed by atoms with Crippen molar-refractivity contribution in [1.82, 2.24) is 10.2 Å². The van der Waals surface area contributed by atoms with E-state index in [2.05, 4.69) is 5.32 Å². The van der Waals surface area contributed by atoms with Crippen molar-refractivity contribution in [3.63, 3.8) is 0 Å². The number of sulfone groups is 1. The van der Waals surface area contributed by atoms with Crippen LogP contribution in [0.2, 0.25) is 0 Å². The van der Waals surface area contributed by atoms with E-state index in [-0.39, 0.29) is 23.5 Å². The van der Waals surface area contributed by atoms with Crippen LogP contribution in [0.25, 0.3) is 0 Å². The van der Waals surface area contributed by atoms with Crippen molar-refractivity contribution in [2.24, 2.45) is 5.92 Å². The van der Waals surface area contributed by atoms with Crippen LogP contribution in [-0.2, 0) is 14.6 Å². The normalized spacial score (nSPS) is 28.4. The summed E-state index contributed by atoms with van der Waals surface area (Å²) >= 11 is 0. The Kier molecular flexibility index (Phi) is 4.84. The maximum atomic E-state index is 11.9. The fourth-order valence-electron chi connectivity index (χ4n) is 2.54. The van der Waals surface area contributed by atoms with E-state index in [9.17, 15) is 13.2 Å². The zero-order valence-corrected chi connectivity index (χ0v) is 12.4. The van der Waals surface area contributed by atoms with Gasteiger partial charge in [-0.25, -0.2) is 8.42 Å². The van der Waals surface area contributed by atoms with Crippen LogP contribution in [-0.4, -0.2) is 56.4 Å². The van der Waals surface area contributed by atoms with Crippen LogP contribution < -0.4 is 5.32 Å². The van der Waals surface area contributed by atoms with Crippen molar-refractivity contribution < 1.29 is 13.2 Å². The van der Waals surface area contributed by atoms with Gasteiger partial charge < -0.3 is 5.32 Å². The minimum Gasteiger partial charge on any atom is -0.355 e. The highest BCUT2D eigenvalue weighted by atomic mass is 32.2. The Labute approximate surface area is 115 Å². The molecule has 1 saturated carbocycles. The van der Waals surface area contributed by atoms with Crippen molar-refractivity contribution in [3.8, 4) is 0 Å². The summed E-state index contributed by atoms with van der Waals surface area (Å²) in [6.07, 6.45) is 4.34. The van der Waals surface area contributed by atoms with Gasteiger partial charge in [-0.05, 0) is 32.1 Å². The summed E-state index contributed by atoms with van der Waals surface area (Å²) in [7, 11) is -2.91. The average molecular weight is 288 g/mol. The number of hydrogen-bond donors (Lipinski definition) is 1. The molecule has 1 atom stereocenters. The Morgan fingerprint density at radius 2 is 2.00 bits per heavy atom. The van der Waals surface area contributed by atoms with E-state index in [0.29, 0.717) is 25.4 Å². The molecule has 0 bridgehead atoms. The summed E-state index contributed by atoms with van der Waals surface area (Å²) < 4.78 is 23.2.